The molecule has 0 atom stereocenters. The molecule has 3 aromatic rings. The van der Waals surface area contributed by atoms with Crippen LogP contribution in [0, 0.1) is 0 Å². The summed E-state index contributed by atoms with van der Waals surface area (Å²) < 4.78 is 16.6. The predicted molar refractivity (Wildman–Crippen MR) is 189 cm³/mol. The quantitative estimate of drug-likeness (QED) is 0.250. The summed E-state index contributed by atoms with van der Waals surface area (Å²) >= 11 is 0. The standard InChI is InChI=1S/C36H46N6O5/c1-35(2,3)24-20-29(32(45-7)30(21-24)40-34(44)47-36(4,5)6)39-33(43)38-28-12-13-31(27-11-9-8-10-26(27)28)42-15-14-25(37-23-42)22-41-16-18-46-19-17-41/h8-15,20-21H,16-19,22-23H2,1-7H3,(H,40,44)(H2,38,39,43). The zero-order chi connectivity index (χ0) is 33.8. The summed E-state index contributed by atoms with van der Waals surface area (Å²) in [6.07, 6.45) is 3.52. The number of amides is 3. The minimum absolute atomic E-state index is 0.286. The van der Waals surface area contributed by atoms with Crippen molar-refractivity contribution >= 4 is 51.4 Å². The Kier molecular flexibility index (Phi) is 10.1. The van der Waals surface area contributed by atoms with Crippen LogP contribution in [-0.4, -0.2) is 75.0 Å². The highest BCUT2D eigenvalue weighted by Crippen LogP contribution is 2.39. The molecular weight excluding hydrogens is 596 g/mol. The number of hydrogen-bond donors (Lipinski definition) is 3. The van der Waals surface area contributed by atoms with Crippen molar-refractivity contribution in [1.29, 1.82) is 0 Å². The van der Waals surface area contributed by atoms with Crippen molar-refractivity contribution in [3.8, 4) is 5.75 Å². The highest BCUT2D eigenvalue weighted by Gasteiger charge is 2.24. The largest absolute Gasteiger partial charge is 0.492 e. The Balaban J connectivity index is 1.35. The molecule has 3 amide bonds. The van der Waals surface area contributed by atoms with Crippen LogP contribution >= 0.6 is 0 Å². The van der Waals surface area contributed by atoms with Crippen molar-refractivity contribution in [3.05, 3.63) is 66.4 Å². The van der Waals surface area contributed by atoms with Gasteiger partial charge in [-0.3, -0.25) is 15.2 Å². The number of morpholine rings is 1. The van der Waals surface area contributed by atoms with E-state index in [-0.39, 0.29) is 5.41 Å². The number of nitrogens with zero attached hydrogens (tertiary/aromatic N) is 3. The van der Waals surface area contributed by atoms with Crippen LogP contribution in [0.4, 0.5) is 32.3 Å². The number of benzene rings is 3. The highest BCUT2D eigenvalue weighted by atomic mass is 16.6. The molecule has 2 aliphatic heterocycles. The average molecular weight is 643 g/mol. The van der Waals surface area contributed by atoms with E-state index in [0.717, 1.165) is 60.6 Å². The number of fused-ring (bicyclic) bond motifs is 1. The molecule has 1 saturated heterocycles. The van der Waals surface area contributed by atoms with E-state index in [1.807, 2.05) is 48.5 Å². The smallest absolute Gasteiger partial charge is 0.412 e. The molecule has 0 bridgehead atoms. The number of aliphatic imine (C=N–C) groups is 1. The molecule has 3 aromatic carbocycles. The summed E-state index contributed by atoms with van der Waals surface area (Å²) in [7, 11) is 1.49. The molecule has 0 spiro atoms. The molecule has 0 aromatic heterocycles. The van der Waals surface area contributed by atoms with Crippen LogP contribution in [-0.2, 0) is 14.9 Å². The summed E-state index contributed by atoms with van der Waals surface area (Å²) in [5, 5.41) is 10.6. The SMILES string of the molecule is COc1c(NC(=O)Nc2ccc(N3C=CC(CN4CCOCC4)=NC3)c3ccccc23)cc(C(C)(C)C)cc1NC(=O)OC(C)(C)C. The Morgan fingerprint density at radius 3 is 2.17 bits per heavy atom. The van der Waals surface area contributed by atoms with Crippen molar-refractivity contribution < 1.29 is 23.8 Å². The number of methoxy groups -OCH3 is 1. The van der Waals surface area contributed by atoms with E-state index < -0.39 is 17.7 Å². The van der Waals surface area contributed by atoms with Gasteiger partial charge in [0.2, 0.25) is 0 Å². The molecule has 2 heterocycles. The number of hydrogen-bond acceptors (Lipinski definition) is 8. The van der Waals surface area contributed by atoms with Crippen LogP contribution in [0.3, 0.4) is 0 Å². The fraction of sp³-hybridized carbons (Fsp3) is 0.417. The normalized spacial score (nSPS) is 15.6. The van der Waals surface area contributed by atoms with E-state index in [1.165, 1.54) is 7.11 Å². The Bertz CT molecular complexity index is 1680. The lowest BCUT2D eigenvalue weighted by molar-refractivity contribution is 0.0453. The van der Waals surface area contributed by atoms with Crippen molar-refractivity contribution in [3.63, 3.8) is 0 Å². The molecule has 5 rings (SSSR count). The van der Waals surface area contributed by atoms with Crippen molar-refractivity contribution in [1.82, 2.24) is 4.90 Å². The summed E-state index contributed by atoms with van der Waals surface area (Å²) in [6.45, 7) is 16.2. The van der Waals surface area contributed by atoms with Crippen molar-refractivity contribution in [2.45, 2.75) is 52.6 Å². The van der Waals surface area contributed by atoms with E-state index in [9.17, 15) is 9.59 Å². The first kappa shape index (κ1) is 33.7. The molecule has 47 heavy (non-hydrogen) atoms. The average Bonchev–Trinajstić information content (AvgIpc) is 3.01. The molecule has 11 heteroatoms. The Morgan fingerprint density at radius 2 is 1.55 bits per heavy atom. The molecule has 1 fully saturated rings. The topological polar surface area (TPSA) is 117 Å². The minimum Gasteiger partial charge on any atom is -0.492 e. The zero-order valence-corrected chi connectivity index (χ0v) is 28.4. The number of anilines is 4. The molecule has 3 N–H and O–H groups in total. The third-order valence-corrected chi connectivity index (χ3v) is 7.86. The van der Waals surface area contributed by atoms with Gasteiger partial charge in [0.15, 0.2) is 5.75 Å². The van der Waals surface area contributed by atoms with Gasteiger partial charge in [-0.05, 0) is 62.1 Å². The number of ether oxygens (including phenoxy) is 3. The van der Waals surface area contributed by atoms with Gasteiger partial charge in [-0.2, -0.15) is 0 Å². The molecule has 250 valence electrons. The van der Waals surface area contributed by atoms with Crippen LogP contribution in [0.5, 0.6) is 5.75 Å². The van der Waals surface area contributed by atoms with Gasteiger partial charge < -0.3 is 29.7 Å². The zero-order valence-electron chi connectivity index (χ0n) is 28.4. The van der Waals surface area contributed by atoms with Crippen molar-refractivity contribution in [2.24, 2.45) is 4.99 Å². The molecular formula is C36H46N6O5. The molecule has 0 radical (unpaired) electrons. The Hall–Kier alpha value is -4.61. The van der Waals surface area contributed by atoms with Gasteiger partial charge >= 0.3 is 12.1 Å². The van der Waals surface area contributed by atoms with E-state index in [4.69, 9.17) is 19.2 Å². The van der Waals surface area contributed by atoms with Crippen LogP contribution in [0.2, 0.25) is 0 Å². The van der Waals surface area contributed by atoms with Gasteiger partial charge in [0.1, 0.15) is 12.3 Å². The summed E-state index contributed by atoms with van der Waals surface area (Å²) in [4.78, 5) is 35.5. The van der Waals surface area contributed by atoms with E-state index in [0.29, 0.717) is 29.5 Å². The van der Waals surface area contributed by atoms with Crippen molar-refractivity contribution in [2.75, 3.05) is 67.5 Å². The third-order valence-electron chi connectivity index (χ3n) is 7.86. The lowest BCUT2D eigenvalue weighted by Crippen LogP contribution is -2.40. The second-order valence-corrected chi connectivity index (χ2v) is 13.7. The summed E-state index contributed by atoms with van der Waals surface area (Å²) in [5.41, 5.74) is 3.43. The first-order valence-corrected chi connectivity index (χ1v) is 15.9. The molecule has 2 aliphatic rings. The van der Waals surface area contributed by atoms with E-state index in [2.05, 4.69) is 58.8 Å². The van der Waals surface area contributed by atoms with Gasteiger partial charge in [0, 0.05) is 36.6 Å². The first-order valence-electron chi connectivity index (χ1n) is 15.9. The van der Waals surface area contributed by atoms with Crippen LogP contribution in [0.1, 0.15) is 47.1 Å². The molecule has 0 aliphatic carbocycles. The number of urea groups is 1. The number of carbonyl (C=O) groups excluding carboxylic acids is 2. The Labute approximate surface area is 276 Å². The van der Waals surface area contributed by atoms with Crippen LogP contribution in [0.25, 0.3) is 10.8 Å². The lowest BCUT2D eigenvalue weighted by atomic mass is 9.86. The molecule has 0 unspecified atom stereocenters. The first-order chi connectivity index (χ1) is 22.3. The fourth-order valence-electron chi connectivity index (χ4n) is 5.49. The summed E-state index contributed by atoms with van der Waals surface area (Å²) in [5.74, 6) is 0.310. The maximum absolute atomic E-state index is 13.5. The predicted octanol–water partition coefficient (Wildman–Crippen LogP) is 7.20. The molecule has 11 nitrogen and oxygen atoms in total. The highest BCUT2D eigenvalue weighted by molar-refractivity contribution is 6.10. The second-order valence-electron chi connectivity index (χ2n) is 13.7. The van der Waals surface area contributed by atoms with E-state index in [1.54, 1.807) is 20.8 Å². The van der Waals surface area contributed by atoms with Gasteiger partial charge in [-0.1, -0.05) is 45.0 Å². The Morgan fingerprint density at radius 1 is 0.894 bits per heavy atom. The third kappa shape index (κ3) is 8.60. The number of rotatable bonds is 7. The maximum Gasteiger partial charge on any atom is 0.412 e. The molecule has 0 saturated carbocycles. The van der Waals surface area contributed by atoms with Gasteiger partial charge in [0.05, 0.1) is 48.8 Å². The van der Waals surface area contributed by atoms with Crippen LogP contribution < -0.4 is 25.6 Å². The van der Waals surface area contributed by atoms with Crippen LogP contribution in [0.15, 0.2) is 65.8 Å². The lowest BCUT2D eigenvalue weighted by Gasteiger charge is -2.29. The minimum atomic E-state index is -0.679. The number of carbonyl (C=O) groups is 2. The van der Waals surface area contributed by atoms with Gasteiger partial charge in [0.25, 0.3) is 0 Å². The van der Waals surface area contributed by atoms with Gasteiger partial charge in [-0.15, -0.1) is 0 Å². The summed E-state index contributed by atoms with van der Waals surface area (Å²) in [6, 6.07) is 15.1. The maximum atomic E-state index is 13.5. The monoisotopic (exact) mass is 642 g/mol. The fourth-order valence-corrected chi connectivity index (χ4v) is 5.49. The van der Waals surface area contributed by atoms with Gasteiger partial charge in [-0.25, -0.2) is 9.59 Å². The second kappa shape index (κ2) is 14.0. The number of nitrogens with one attached hydrogen (secondary N) is 3. The van der Waals surface area contributed by atoms with E-state index >= 15 is 0 Å².